The molecule has 2 N–H and O–H groups in total. The van der Waals surface area contributed by atoms with Gasteiger partial charge in [0.05, 0.1) is 18.3 Å². The fourth-order valence-corrected chi connectivity index (χ4v) is 2.71. The molecule has 0 bridgehead atoms. The Balaban J connectivity index is 1.90. The number of rotatable bonds is 5. The molecule has 0 aliphatic carbocycles. The molecule has 2 rings (SSSR count). The lowest BCUT2D eigenvalue weighted by molar-refractivity contribution is -0.131. The molecule has 0 saturated carbocycles. The third kappa shape index (κ3) is 4.01. The van der Waals surface area contributed by atoms with E-state index in [2.05, 4.69) is 10.3 Å². The van der Waals surface area contributed by atoms with Crippen molar-refractivity contribution >= 4 is 40.6 Å². The van der Waals surface area contributed by atoms with Gasteiger partial charge in [-0.1, -0.05) is 0 Å². The fourth-order valence-electron chi connectivity index (χ4n) is 1.31. The fraction of sp³-hybridized carbons (Fsp3) is 0.0833. The molecule has 1 amide bonds. The van der Waals surface area contributed by atoms with Crippen LogP contribution in [0.25, 0.3) is 6.08 Å². The van der Waals surface area contributed by atoms with Crippen LogP contribution in [0.2, 0.25) is 0 Å². The molecular weight excluding hydrogens is 284 g/mol. The molecule has 7 heteroatoms. The van der Waals surface area contributed by atoms with Crippen LogP contribution in [0.4, 0.5) is 0 Å². The number of nitrogens with zero attached hydrogens (tertiary/aromatic N) is 1. The number of thiophene rings is 1. The van der Waals surface area contributed by atoms with Gasteiger partial charge in [0, 0.05) is 15.8 Å². The average Bonchev–Trinajstić information content (AvgIpc) is 3.04. The average molecular weight is 294 g/mol. The summed E-state index contributed by atoms with van der Waals surface area (Å²) in [6, 6.07) is 3.68. The quantitative estimate of drug-likeness (QED) is 0.829. The molecule has 98 valence electrons. The van der Waals surface area contributed by atoms with E-state index in [9.17, 15) is 9.59 Å². The first-order valence-electron chi connectivity index (χ1n) is 5.31. The zero-order valence-corrected chi connectivity index (χ0v) is 11.3. The minimum absolute atomic E-state index is 0.154. The number of aromatic nitrogens is 1. The van der Waals surface area contributed by atoms with E-state index in [-0.39, 0.29) is 5.91 Å². The van der Waals surface area contributed by atoms with Crippen molar-refractivity contribution in [1.29, 1.82) is 0 Å². The van der Waals surface area contributed by atoms with Gasteiger partial charge in [0.2, 0.25) is 0 Å². The normalized spacial score (nSPS) is 10.7. The molecule has 2 heterocycles. The molecular formula is C12H10N2O3S2. The standard InChI is InChI=1S/C12H10N2O3S2/c15-11(16)4-3-8-1-2-9(19-8)5-14-12(17)10-6-13-7-18-10/h1-4,6-7H,5H2,(H,14,17)(H,15,16)/b4-3+. The molecule has 0 aliphatic rings. The van der Waals surface area contributed by atoms with Gasteiger partial charge in [-0.2, -0.15) is 0 Å². The van der Waals surface area contributed by atoms with Gasteiger partial charge < -0.3 is 10.4 Å². The van der Waals surface area contributed by atoms with Crippen molar-refractivity contribution in [3.63, 3.8) is 0 Å². The Morgan fingerprint density at radius 2 is 2.26 bits per heavy atom. The monoisotopic (exact) mass is 294 g/mol. The predicted molar refractivity (Wildman–Crippen MR) is 74.3 cm³/mol. The summed E-state index contributed by atoms with van der Waals surface area (Å²) in [4.78, 5) is 28.3. The zero-order valence-electron chi connectivity index (χ0n) is 9.70. The van der Waals surface area contributed by atoms with Crippen LogP contribution < -0.4 is 5.32 Å². The maximum atomic E-state index is 11.7. The van der Waals surface area contributed by atoms with E-state index in [1.165, 1.54) is 34.9 Å². The maximum absolute atomic E-state index is 11.7. The second kappa shape index (κ2) is 6.26. The zero-order chi connectivity index (χ0) is 13.7. The van der Waals surface area contributed by atoms with Crippen LogP contribution in [0.1, 0.15) is 19.4 Å². The number of amides is 1. The van der Waals surface area contributed by atoms with Crippen molar-refractivity contribution in [3.8, 4) is 0 Å². The largest absolute Gasteiger partial charge is 0.478 e. The smallest absolute Gasteiger partial charge is 0.328 e. The second-order valence-corrected chi connectivity index (χ2v) is 5.61. The highest BCUT2D eigenvalue weighted by atomic mass is 32.1. The maximum Gasteiger partial charge on any atom is 0.328 e. The lowest BCUT2D eigenvalue weighted by Crippen LogP contribution is -2.21. The third-order valence-corrected chi connectivity index (χ3v) is 3.97. The number of hydrogen-bond acceptors (Lipinski definition) is 5. The first-order chi connectivity index (χ1) is 9.15. The molecule has 0 spiro atoms. The van der Waals surface area contributed by atoms with Crippen molar-refractivity contribution in [2.75, 3.05) is 0 Å². The Hall–Kier alpha value is -1.99. The van der Waals surface area contributed by atoms with Gasteiger partial charge in [0.25, 0.3) is 5.91 Å². The van der Waals surface area contributed by atoms with Gasteiger partial charge in [-0.3, -0.25) is 9.78 Å². The number of hydrogen-bond donors (Lipinski definition) is 2. The summed E-state index contributed by atoms with van der Waals surface area (Å²) in [7, 11) is 0. The third-order valence-electron chi connectivity index (χ3n) is 2.15. The molecule has 5 nitrogen and oxygen atoms in total. The molecule has 0 aromatic carbocycles. The van der Waals surface area contributed by atoms with Gasteiger partial charge in [0.1, 0.15) is 4.88 Å². The summed E-state index contributed by atoms with van der Waals surface area (Å²) in [6.45, 7) is 0.419. The predicted octanol–water partition coefficient (Wildman–Crippen LogP) is 2.23. The molecule has 0 fully saturated rings. The summed E-state index contributed by atoms with van der Waals surface area (Å²) in [5.74, 6) is -1.13. The van der Waals surface area contributed by atoms with Crippen molar-refractivity contribution in [1.82, 2.24) is 10.3 Å². The Kier molecular flexibility index (Phi) is 4.43. The molecule has 0 aliphatic heterocycles. The van der Waals surface area contributed by atoms with Crippen LogP contribution in [0, 0.1) is 0 Å². The summed E-state index contributed by atoms with van der Waals surface area (Å²) in [6.07, 6.45) is 4.14. The van der Waals surface area contributed by atoms with E-state index < -0.39 is 5.97 Å². The molecule has 0 saturated heterocycles. The summed E-state index contributed by atoms with van der Waals surface area (Å²) < 4.78 is 0. The number of carboxylic acid groups (broad SMARTS) is 1. The Bertz CT molecular complexity index is 602. The van der Waals surface area contributed by atoms with E-state index in [4.69, 9.17) is 5.11 Å². The van der Waals surface area contributed by atoms with Crippen LogP contribution in [-0.2, 0) is 11.3 Å². The number of nitrogens with one attached hydrogen (secondary N) is 1. The topological polar surface area (TPSA) is 79.3 Å². The van der Waals surface area contributed by atoms with E-state index in [1.807, 2.05) is 12.1 Å². The van der Waals surface area contributed by atoms with Crippen molar-refractivity contribution in [2.45, 2.75) is 6.54 Å². The Labute approximate surface area is 117 Å². The van der Waals surface area contributed by atoms with Gasteiger partial charge in [-0.05, 0) is 18.2 Å². The van der Waals surface area contributed by atoms with E-state index in [1.54, 1.807) is 5.51 Å². The van der Waals surface area contributed by atoms with Gasteiger partial charge in [-0.25, -0.2) is 4.79 Å². The van der Waals surface area contributed by atoms with E-state index in [0.717, 1.165) is 15.8 Å². The van der Waals surface area contributed by atoms with Crippen molar-refractivity contribution in [3.05, 3.63) is 44.5 Å². The SMILES string of the molecule is O=C(O)/C=C/c1ccc(CNC(=O)c2cncs2)s1. The van der Waals surface area contributed by atoms with Crippen molar-refractivity contribution < 1.29 is 14.7 Å². The van der Waals surface area contributed by atoms with E-state index >= 15 is 0 Å². The van der Waals surface area contributed by atoms with Gasteiger partial charge in [-0.15, -0.1) is 22.7 Å². The number of carboxylic acids is 1. The molecule has 0 atom stereocenters. The van der Waals surface area contributed by atoms with Crippen LogP contribution >= 0.6 is 22.7 Å². The van der Waals surface area contributed by atoms with Gasteiger partial charge >= 0.3 is 5.97 Å². The van der Waals surface area contributed by atoms with E-state index in [0.29, 0.717) is 11.4 Å². The van der Waals surface area contributed by atoms with Crippen LogP contribution in [0.15, 0.2) is 29.9 Å². The number of carbonyl (C=O) groups is 2. The Morgan fingerprint density at radius 1 is 1.42 bits per heavy atom. The van der Waals surface area contributed by atoms with Gasteiger partial charge in [0.15, 0.2) is 0 Å². The highest BCUT2D eigenvalue weighted by Crippen LogP contribution is 2.18. The molecule has 2 aromatic heterocycles. The number of carbonyl (C=O) groups excluding carboxylic acids is 1. The number of aliphatic carboxylic acids is 1. The molecule has 0 unspecified atom stereocenters. The first kappa shape index (κ1) is 13.4. The van der Waals surface area contributed by atoms with Crippen molar-refractivity contribution in [2.24, 2.45) is 0 Å². The van der Waals surface area contributed by atoms with Crippen LogP contribution in [0.3, 0.4) is 0 Å². The minimum atomic E-state index is -0.978. The lowest BCUT2D eigenvalue weighted by Gasteiger charge is -1.99. The summed E-state index contributed by atoms with van der Waals surface area (Å²) >= 11 is 2.72. The Morgan fingerprint density at radius 3 is 2.95 bits per heavy atom. The molecule has 19 heavy (non-hydrogen) atoms. The molecule has 2 aromatic rings. The van der Waals surface area contributed by atoms with Crippen LogP contribution in [0.5, 0.6) is 0 Å². The molecule has 0 radical (unpaired) electrons. The first-order valence-corrected chi connectivity index (χ1v) is 7.01. The summed E-state index contributed by atoms with van der Waals surface area (Å²) in [5, 5.41) is 11.3. The second-order valence-electron chi connectivity index (χ2n) is 3.52. The highest BCUT2D eigenvalue weighted by molar-refractivity contribution is 7.13. The lowest BCUT2D eigenvalue weighted by atomic mass is 10.4. The number of thiazole rings is 1. The minimum Gasteiger partial charge on any atom is -0.478 e. The highest BCUT2D eigenvalue weighted by Gasteiger charge is 2.07. The van der Waals surface area contributed by atoms with Crippen LogP contribution in [-0.4, -0.2) is 22.0 Å². The summed E-state index contributed by atoms with van der Waals surface area (Å²) in [5.41, 5.74) is 1.61.